The quantitative estimate of drug-likeness (QED) is 0.413. The molecule has 136 valence electrons. The molecule has 1 aliphatic rings. The van der Waals surface area contributed by atoms with E-state index < -0.39 is 26.8 Å². The highest BCUT2D eigenvalue weighted by atomic mass is 32.2. The zero-order valence-electron chi connectivity index (χ0n) is 14.1. The molecule has 0 spiro atoms. The molecule has 0 saturated carbocycles. The molecule has 0 saturated heterocycles. The van der Waals surface area contributed by atoms with Gasteiger partial charge in [0.1, 0.15) is 10.1 Å². The van der Waals surface area contributed by atoms with Crippen molar-refractivity contribution >= 4 is 44.1 Å². The first-order chi connectivity index (χ1) is 12.7. The Morgan fingerprint density at radius 2 is 1.63 bits per heavy atom. The predicted molar refractivity (Wildman–Crippen MR) is 98.6 cm³/mol. The van der Waals surface area contributed by atoms with E-state index in [2.05, 4.69) is 0 Å². The molecule has 8 heteroatoms. The van der Waals surface area contributed by atoms with Crippen molar-refractivity contribution in [3.63, 3.8) is 0 Å². The van der Waals surface area contributed by atoms with E-state index in [1.165, 1.54) is 18.2 Å². The summed E-state index contributed by atoms with van der Waals surface area (Å²) in [6, 6.07) is 12.3. The average Bonchev–Trinajstić information content (AvgIpc) is 2.60. The van der Waals surface area contributed by atoms with E-state index >= 15 is 0 Å². The van der Waals surface area contributed by atoms with Gasteiger partial charge in [-0.3, -0.25) is 9.59 Å². The van der Waals surface area contributed by atoms with E-state index in [1.54, 1.807) is 18.2 Å². The van der Waals surface area contributed by atoms with E-state index in [4.69, 9.17) is 5.73 Å². The van der Waals surface area contributed by atoms with Crippen LogP contribution >= 0.6 is 0 Å². The van der Waals surface area contributed by atoms with Gasteiger partial charge in [0.05, 0.1) is 21.8 Å². The van der Waals surface area contributed by atoms with Crippen molar-refractivity contribution in [1.29, 1.82) is 0 Å². The van der Waals surface area contributed by atoms with Crippen molar-refractivity contribution in [3.05, 3.63) is 65.2 Å². The van der Waals surface area contributed by atoms with Crippen molar-refractivity contribution < 1.29 is 22.6 Å². The molecule has 27 heavy (non-hydrogen) atoms. The Hall–Kier alpha value is -3.23. The number of aryl methyl sites for hydroxylation is 1. The summed E-state index contributed by atoms with van der Waals surface area (Å²) in [5, 5.41) is 0.436. The lowest BCUT2D eigenvalue weighted by Crippen LogP contribution is -2.40. The van der Waals surface area contributed by atoms with Gasteiger partial charge < -0.3 is 10.3 Å². The molecule has 4 rings (SSSR count). The summed E-state index contributed by atoms with van der Waals surface area (Å²) in [5.74, 6) is -1.25. The van der Waals surface area contributed by atoms with Crippen LogP contribution in [0.25, 0.3) is 10.8 Å². The van der Waals surface area contributed by atoms with E-state index in [0.717, 1.165) is 16.5 Å². The highest BCUT2D eigenvalue weighted by Crippen LogP contribution is 2.38. The SMILES string of the molecule is Cc1cccc(N2C(=O)c3cccc4c(N)c(S(=O)(=O)[O-])cc(c34)C2=O)c1. The highest BCUT2D eigenvalue weighted by molar-refractivity contribution is 7.86. The van der Waals surface area contributed by atoms with Gasteiger partial charge in [0.25, 0.3) is 11.8 Å². The normalized spacial score (nSPS) is 14.1. The lowest BCUT2D eigenvalue weighted by molar-refractivity contribution is 0.0893. The number of rotatable bonds is 2. The van der Waals surface area contributed by atoms with Crippen LogP contribution in [0.3, 0.4) is 0 Å². The summed E-state index contributed by atoms with van der Waals surface area (Å²) < 4.78 is 34.8. The molecule has 0 aromatic heterocycles. The van der Waals surface area contributed by atoms with Crippen LogP contribution in [0, 0.1) is 6.92 Å². The van der Waals surface area contributed by atoms with E-state index in [9.17, 15) is 22.6 Å². The summed E-state index contributed by atoms with van der Waals surface area (Å²) >= 11 is 0. The number of hydrogen-bond acceptors (Lipinski definition) is 6. The molecule has 0 atom stereocenters. The van der Waals surface area contributed by atoms with Crippen LogP contribution in [0.4, 0.5) is 11.4 Å². The number of anilines is 2. The van der Waals surface area contributed by atoms with Gasteiger partial charge in [-0.05, 0) is 36.8 Å². The average molecular weight is 381 g/mol. The molecule has 1 heterocycles. The van der Waals surface area contributed by atoms with E-state index in [-0.39, 0.29) is 27.6 Å². The van der Waals surface area contributed by atoms with Gasteiger partial charge in [-0.1, -0.05) is 24.3 Å². The van der Waals surface area contributed by atoms with Gasteiger partial charge in [-0.25, -0.2) is 13.3 Å². The van der Waals surface area contributed by atoms with Crippen LogP contribution in [-0.2, 0) is 10.1 Å². The molecule has 0 fully saturated rings. The Morgan fingerprint density at radius 3 is 2.30 bits per heavy atom. The molecule has 2 N–H and O–H groups in total. The minimum atomic E-state index is -4.90. The molecule has 0 bridgehead atoms. The van der Waals surface area contributed by atoms with Crippen LogP contribution in [0.1, 0.15) is 26.3 Å². The Balaban J connectivity index is 2.08. The molecule has 0 unspecified atom stereocenters. The number of nitrogens with two attached hydrogens (primary N) is 1. The molecule has 1 aliphatic heterocycles. The topological polar surface area (TPSA) is 121 Å². The lowest BCUT2D eigenvalue weighted by Gasteiger charge is -2.28. The Bertz CT molecular complexity index is 1260. The van der Waals surface area contributed by atoms with Crippen LogP contribution < -0.4 is 10.6 Å². The summed E-state index contributed by atoms with van der Waals surface area (Å²) in [6.45, 7) is 1.82. The summed E-state index contributed by atoms with van der Waals surface area (Å²) in [5.41, 5.74) is 6.96. The van der Waals surface area contributed by atoms with Gasteiger partial charge in [0.15, 0.2) is 0 Å². The number of imide groups is 1. The molecule has 2 amide bonds. The van der Waals surface area contributed by atoms with Crippen LogP contribution in [0.2, 0.25) is 0 Å². The summed E-state index contributed by atoms with van der Waals surface area (Å²) in [4.78, 5) is 26.4. The first-order valence-corrected chi connectivity index (χ1v) is 9.37. The molecule has 7 nitrogen and oxygen atoms in total. The monoisotopic (exact) mass is 381 g/mol. The summed E-state index contributed by atoms with van der Waals surface area (Å²) in [7, 11) is -4.90. The van der Waals surface area contributed by atoms with Gasteiger partial charge in [-0.15, -0.1) is 0 Å². The molecular weight excluding hydrogens is 368 g/mol. The van der Waals surface area contributed by atoms with Gasteiger partial charge in [0, 0.05) is 16.3 Å². The first-order valence-electron chi connectivity index (χ1n) is 7.96. The fourth-order valence-corrected chi connectivity index (χ4v) is 4.01. The number of nitrogens with zero attached hydrogens (tertiary/aromatic N) is 1. The molecule has 3 aromatic carbocycles. The third-order valence-corrected chi connectivity index (χ3v) is 5.44. The Labute approximate surface area is 154 Å². The van der Waals surface area contributed by atoms with Crippen LogP contribution in [0.5, 0.6) is 0 Å². The van der Waals surface area contributed by atoms with E-state index in [0.29, 0.717) is 5.69 Å². The number of carbonyl (C=O) groups excluding carboxylic acids is 2. The zero-order chi connectivity index (χ0) is 19.5. The molecular formula is C19H13N2O5S-. The van der Waals surface area contributed by atoms with Gasteiger partial charge in [-0.2, -0.15) is 0 Å². The van der Waals surface area contributed by atoms with E-state index in [1.807, 2.05) is 13.0 Å². The second-order valence-electron chi connectivity index (χ2n) is 6.30. The van der Waals surface area contributed by atoms with Crippen molar-refractivity contribution in [2.24, 2.45) is 0 Å². The largest absolute Gasteiger partial charge is 0.744 e. The van der Waals surface area contributed by atoms with Gasteiger partial charge in [0.2, 0.25) is 0 Å². The lowest BCUT2D eigenvalue weighted by atomic mass is 9.92. The second kappa shape index (κ2) is 5.63. The van der Waals surface area contributed by atoms with Crippen LogP contribution in [0.15, 0.2) is 53.4 Å². The highest BCUT2D eigenvalue weighted by Gasteiger charge is 2.35. The number of benzene rings is 3. The third kappa shape index (κ3) is 2.49. The number of hydrogen-bond donors (Lipinski definition) is 1. The predicted octanol–water partition coefficient (Wildman–Crippen LogP) is 2.44. The maximum Gasteiger partial charge on any atom is 0.266 e. The second-order valence-corrected chi connectivity index (χ2v) is 7.65. The minimum Gasteiger partial charge on any atom is -0.744 e. The maximum absolute atomic E-state index is 13.1. The maximum atomic E-state index is 13.1. The smallest absolute Gasteiger partial charge is 0.266 e. The van der Waals surface area contributed by atoms with Gasteiger partial charge >= 0.3 is 0 Å². The minimum absolute atomic E-state index is 0.0506. The number of carbonyl (C=O) groups is 2. The van der Waals surface area contributed by atoms with Crippen molar-refractivity contribution in [1.82, 2.24) is 0 Å². The third-order valence-electron chi connectivity index (χ3n) is 4.56. The molecule has 0 aliphatic carbocycles. The Kier molecular flexibility index (Phi) is 3.59. The van der Waals surface area contributed by atoms with Crippen molar-refractivity contribution in [2.75, 3.05) is 10.6 Å². The van der Waals surface area contributed by atoms with Crippen LogP contribution in [-0.4, -0.2) is 24.8 Å². The zero-order valence-corrected chi connectivity index (χ0v) is 14.9. The standard InChI is InChI=1S/C19H14N2O5S/c1-10-4-2-5-11(8-10)21-18(22)13-7-3-6-12-16(13)14(19(21)23)9-15(17(12)20)27(24,25)26/h2-9H,20H2,1H3,(H,24,25,26)/p-1. The molecule has 0 radical (unpaired) electrons. The first kappa shape index (κ1) is 17.2. The number of nitrogen functional groups attached to an aromatic ring is 1. The molecule has 3 aromatic rings. The Morgan fingerprint density at radius 1 is 0.963 bits per heavy atom. The fraction of sp³-hybridized carbons (Fsp3) is 0.0526. The number of amides is 2. The fourth-order valence-electron chi connectivity index (χ4n) is 3.37. The van der Waals surface area contributed by atoms with Crippen molar-refractivity contribution in [3.8, 4) is 0 Å². The summed E-state index contributed by atoms with van der Waals surface area (Å²) in [6.07, 6.45) is 0. The van der Waals surface area contributed by atoms with Crippen molar-refractivity contribution in [2.45, 2.75) is 11.8 Å².